The molecule has 0 bridgehead atoms. The van der Waals surface area contributed by atoms with Gasteiger partial charge in [-0.15, -0.1) is 0 Å². The molecule has 0 fully saturated rings. The van der Waals surface area contributed by atoms with E-state index >= 15 is 0 Å². The summed E-state index contributed by atoms with van der Waals surface area (Å²) in [7, 11) is 1.60. The molecule has 0 aromatic heterocycles. The third-order valence-corrected chi connectivity index (χ3v) is 2.89. The molecule has 1 rings (SSSR count). The van der Waals surface area contributed by atoms with E-state index in [1.807, 2.05) is 32.0 Å². The molecule has 1 atom stereocenters. The lowest BCUT2D eigenvalue weighted by Gasteiger charge is -2.13. The van der Waals surface area contributed by atoms with Crippen molar-refractivity contribution in [2.24, 2.45) is 0 Å². The number of methoxy groups -OCH3 is 1. The van der Waals surface area contributed by atoms with Gasteiger partial charge < -0.3 is 14.8 Å². The molecular weight excluding hydrogens is 298 g/mol. The van der Waals surface area contributed by atoms with E-state index in [2.05, 4.69) is 21.2 Å². The lowest BCUT2D eigenvalue weighted by Crippen LogP contribution is -2.38. The molecule has 0 heterocycles. The van der Waals surface area contributed by atoms with Gasteiger partial charge in [0.15, 0.2) is 6.61 Å². The van der Waals surface area contributed by atoms with Gasteiger partial charge in [0.05, 0.1) is 11.1 Å². The van der Waals surface area contributed by atoms with Gasteiger partial charge in [-0.3, -0.25) is 4.79 Å². The lowest BCUT2D eigenvalue weighted by molar-refractivity contribution is -0.124. The van der Waals surface area contributed by atoms with Crippen LogP contribution in [0.1, 0.15) is 12.5 Å². The van der Waals surface area contributed by atoms with Gasteiger partial charge in [-0.2, -0.15) is 0 Å². The third-order valence-electron chi connectivity index (χ3n) is 2.27. The first kappa shape index (κ1) is 15.0. The molecule has 0 aliphatic rings. The highest BCUT2D eigenvalue weighted by Gasteiger charge is 2.08. The molecule has 0 saturated carbocycles. The first-order chi connectivity index (χ1) is 8.52. The molecule has 4 nitrogen and oxygen atoms in total. The fraction of sp³-hybridized carbons (Fsp3) is 0.462. The maximum absolute atomic E-state index is 11.6. The second-order valence-corrected chi connectivity index (χ2v) is 5.00. The summed E-state index contributed by atoms with van der Waals surface area (Å²) in [5.74, 6) is 0.502. The van der Waals surface area contributed by atoms with E-state index in [0.717, 1.165) is 10.0 Å². The van der Waals surface area contributed by atoms with Crippen LogP contribution in [-0.4, -0.2) is 32.3 Å². The minimum Gasteiger partial charge on any atom is -0.483 e. The molecule has 5 heteroatoms. The molecule has 1 N–H and O–H groups in total. The summed E-state index contributed by atoms with van der Waals surface area (Å²) in [6.07, 6.45) is 0. The number of rotatable bonds is 6. The Bertz CT molecular complexity index is 409. The monoisotopic (exact) mass is 315 g/mol. The number of carbonyl (C=O) groups is 1. The van der Waals surface area contributed by atoms with Gasteiger partial charge in [0.2, 0.25) is 0 Å². The first-order valence-electron chi connectivity index (χ1n) is 5.70. The number of aryl methyl sites for hydroxylation is 1. The molecular formula is C13H18BrNO3. The van der Waals surface area contributed by atoms with E-state index in [-0.39, 0.29) is 18.6 Å². The van der Waals surface area contributed by atoms with E-state index in [1.54, 1.807) is 7.11 Å². The number of ether oxygens (including phenoxy) is 2. The molecule has 0 aliphatic heterocycles. The van der Waals surface area contributed by atoms with Crippen molar-refractivity contribution in [3.05, 3.63) is 28.2 Å². The quantitative estimate of drug-likeness (QED) is 0.876. The molecule has 1 aromatic rings. The third kappa shape index (κ3) is 5.06. The Labute approximate surface area is 116 Å². The fourth-order valence-electron chi connectivity index (χ4n) is 1.47. The van der Waals surface area contributed by atoms with Crippen LogP contribution in [0, 0.1) is 6.92 Å². The number of carbonyl (C=O) groups excluding carboxylic acids is 1. The smallest absolute Gasteiger partial charge is 0.258 e. The summed E-state index contributed by atoms with van der Waals surface area (Å²) in [5.41, 5.74) is 1.13. The highest BCUT2D eigenvalue weighted by atomic mass is 79.9. The van der Waals surface area contributed by atoms with Crippen LogP contribution in [-0.2, 0) is 9.53 Å². The van der Waals surface area contributed by atoms with Crippen LogP contribution in [0.3, 0.4) is 0 Å². The van der Waals surface area contributed by atoms with Gasteiger partial charge in [-0.25, -0.2) is 0 Å². The number of benzene rings is 1. The van der Waals surface area contributed by atoms with E-state index in [1.165, 1.54) is 0 Å². The van der Waals surface area contributed by atoms with Gasteiger partial charge >= 0.3 is 0 Å². The van der Waals surface area contributed by atoms with Crippen LogP contribution in [0.4, 0.5) is 0 Å². The summed E-state index contributed by atoms with van der Waals surface area (Å²) >= 11 is 3.40. The number of halogens is 1. The second-order valence-electron chi connectivity index (χ2n) is 4.15. The first-order valence-corrected chi connectivity index (χ1v) is 6.49. The normalized spacial score (nSPS) is 12.0. The maximum atomic E-state index is 11.6. The summed E-state index contributed by atoms with van der Waals surface area (Å²) in [6, 6.07) is 5.70. The van der Waals surface area contributed by atoms with Gasteiger partial charge in [-0.1, -0.05) is 6.07 Å². The second kappa shape index (κ2) is 7.38. The van der Waals surface area contributed by atoms with Gasteiger partial charge in [-0.05, 0) is 47.5 Å². The average Bonchev–Trinajstić information content (AvgIpc) is 2.28. The number of hydrogen-bond acceptors (Lipinski definition) is 3. The number of nitrogens with one attached hydrogen (secondary N) is 1. The Morgan fingerprint density at radius 1 is 1.50 bits per heavy atom. The van der Waals surface area contributed by atoms with Crippen LogP contribution < -0.4 is 10.1 Å². The fourth-order valence-corrected chi connectivity index (χ4v) is 2.08. The molecule has 1 aromatic carbocycles. The zero-order valence-electron chi connectivity index (χ0n) is 10.8. The van der Waals surface area contributed by atoms with E-state index in [9.17, 15) is 4.79 Å². The minimum absolute atomic E-state index is 0.00425. The van der Waals surface area contributed by atoms with Crippen molar-refractivity contribution in [1.82, 2.24) is 5.32 Å². The summed E-state index contributed by atoms with van der Waals surface area (Å²) < 4.78 is 11.2. The molecule has 0 radical (unpaired) electrons. The van der Waals surface area contributed by atoms with E-state index < -0.39 is 0 Å². The van der Waals surface area contributed by atoms with E-state index in [4.69, 9.17) is 9.47 Å². The number of amides is 1. The maximum Gasteiger partial charge on any atom is 0.258 e. The molecule has 0 saturated heterocycles. The van der Waals surface area contributed by atoms with Crippen molar-refractivity contribution in [3.63, 3.8) is 0 Å². The average molecular weight is 316 g/mol. The Hall–Kier alpha value is -1.07. The standard InChI is InChI=1S/C13H18BrNO3/c1-9-4-5-12(11(14)6-9)18-8-13(16)15-10(2)7-17-3/h4-6,10H,7-8H2,1-3H3,(H,15,16). The Kier molecular flexibility index (Phi) is 6.15. The van der Waals surface area contributed by atoms with Gasteiger partial charge in [0.25, 0.3) is 5.91 Å². The van der Waals surface area contributed by atoms with Crippen molar-refractivity contribution in [1.29, 1.82) is 0 Å². The zero-order valence-corrected chi connectivity index (χ0v) is 12.4. The Balaban J connectivity index is 2.42. The molecule has 0 spiro atoms. The molecule has 18 heavy (non-hydrogen) atoms. The minimum atomic E-state index is -0.160. The van der Waals surface area contributed by atoms with Gasteiger partial charge in [0.1, 0.15) is 5.75 Å². The van der Waals surface area contributed by atoms with Crippen LogP contribution >= 0.6 is 15.9 Å². The summed E-state index contributed by atoms with van der Waals surface area (Å²) in [6.45, 7) is 4.35. The van der Waals surface area contributed by atoms with Crippen LogP contribution in [0.15, 0.2) is 22.7 Å². The Morgan fingerprint density at radius 3 is 2.83 bits per heavy atom. The zero-order chi connectivity index (χ0) is 13.5. The predicted molar refractivity (Wildman–Crippen MR) is 73.9 cm³/mol. The largest absolute Gasteiger partial charge is 0.483 e. The summed E-state index contributed by atoms with van der Waals surface area (Å²) in [5, 5.41) is 2.78. The predicted octanol–water partition coefficient (Wildman–Crippen LogP) is 2.29. The molecule has 1 unspecified atom stereocenters. The van der Waals surface area contributed by atoms with Crippen molar-refractivity contribution in [3.8, 4) is 5.75 Å². The highest BCUT2D eigenvalue weighted by molar-refractivity contribution is 9.10. The Morgan fingerprint density at radius 2 is 2.22 bits per heavy atom. The SMILES string of the molecule is COCC(C)NC(=O)COc1ccc(C)cc1Br. The highest BCUT2D eigenvalue weighted by Crippen LogP contribution is 2.25. The van der Waals surface area contributed by atoms with Crippen LogP contribution in [0.25, 0.3) is 0 Å². The van der Waals surface area contributed by atoms with Crippen molar-refractivity contribution in [2.75, 3.05) is 20.3 Å². The van der Waals surface area contributed by atoms with Gasteiger partial charge in [0, 0.05) is 13.2 Å². The summed E-state index contributed by atoms with van der Waals surface area (Å²) in [4.78, 5) is 11.6. The van der Waals surface area contributed by atoms with Crippen molar-refractivity contribution in [2.45, 2.75) is 19.9 Å². The van der Waals surface area contributed by atoms with E-state index in [0.29, 0.717) is 12.4 Å². The van der Waals surface area contributed by atoms with Crippen molar-refractivity contribution >= 4 is 21.8 Å². The molecule has 0 aliphatic carbocycles. The van der Waals surface area contributed by atoms with Crippen molar-refractivity contribution < 1.29 is 14.3 Å². The topological polar surface area (TPSA) is 47.6 Å². The number of hydrogen-bond donors (Lipinski definition) is 1. The van der Waals surface area contributed by atoms with Crippen LogP contribution in [0.2, 0.25) is 0 Å². The lowest BCUT2D eigenvalue weighted by atomic mass is 10.2. The molecule has 1 amide bonds. The molecule has 100 valence electrons. The van der Waals surface area contributed by atoms with Crippen LogP contribution in [0.5, 0.6) is 5.75 Å².